The second-order valence-corrected chi connectivity index (χ2v) is 3.89. The zero-order valence-corrected chi connectivity index (χ0v) is 6.77. The topological polar surface area (TPSA) is 26.0 Å². The van der Waals surface area contributed by atoms with E-state index >= 15 is 0 Å². The molecule has 0 spiro atoms. The minimum atomic E-state index is -0.789. The van der Waals surface area contributed by atoms with Crippen molar-refractivity contribution in [3.05, 3.63) is 0 Å². The van der Waals surface area contributed by atoms with Crippen LogP contribution in [0.5, 0.6) is 0 Å². The van der Waals surface area contributed by atoms with E-state index in [1.807, 2.05) is 0 Å². The van der Waals surface area contributed by atoms with Gasteiger partial charge in [-0.15, -0.1) is 0 Å². The molecule has 0 amide bonds. The summed E-state index contributed by atoms with van der Waals surface area (Å²) in [5, 5.41) is 0. The van der Waals surface area contributed by atoms with Gasteiger partial charge in [-0.05, 0) is 19.3 Å². The third-order valence-corrected chi connectivity index (χ3v) is 2.59. The lowest BCUT2D eigenvalue weighted by molar-refractivity contribution is 0.224. The van der Waals surface area contributed by atoms with Crippen LogP contribution in [0.2, 0.25) is 0 Å². The zero-order valence-electron chi connectivity index (χ0n) is 5.19. The number of hydrogen-bond acceptors (Lipinski definition) is 1. The Morgan fingerprint density at radius 2 is 2.11 bits per heavy atom. The van der Waals surface area contributed by atoms with E-state index in [2.05, 4.69) is 15.9 Å². The van der Waals surface area contributed by atoms with Crippen molar-refractivity contribution in [2.75, 3.05) is 0 Å². The van der Waals surface area contributed by atoms with E-state index in [0.717, 1.165) is 12.8 Å². The highest BCUT2D eigenvalue weighted by atomic mass is 79.9. The Kier molecular flexibility index (Phi) is 2.47. The second kappa shape index (κ2) is 2.97. The molecule has 0 saturated heterocycles. The summed E-state index contributed by atoms with van der Waals surface area (Å²) >= 11 is 3.36. The van der Waals surface area contributed by atoms with Gasteiger partial charge in [0.2, 0.25) is 0 Å². The molecule has 0 aromatic heterocycles. The molecule has 3 atom stereocenters. The first-order chi connectivity index (χ1) is 4.20. The molecule has 0 aromatic carbocycles. The maximum atomic E-state index is 12.7. The second-order valence-electron chi connectivity index (χ2n) is 2.59. The first-order valence-electron chi connectivity index (χ1n) is 3.24. The molecule has 0 aromatic rings. The van der Waals surface area contributed by atoms with E-state index in [0.29, 0.717) is 11.2 Å². The van der Waals surface area contributed by atoms with Gasteiger partial charge in [-0.2, -0.15) is 0 Å². The van der Waals surface area contributed by atoms with Gasteiger partial charge < -0.3 is 5.73 Å². The van der Waals surface area contributed by atoms with Crippen LogP contribution in [0.15, 0.2) is 0 Å². The van der Waals surface area contributed by atoms with Crippen LogP contribution in [-0.4, -0.2) is 17.0 Å². The molecule has 1 aliphatic rings. The summed E-state index contributed by atoms with van der Waals surface area (Å²) in [6, 6.07) is -0.209. The van der Waals surface area contributed by atoms with Crippen molar-refractivity contribution in [3.8, 4) is 0 Å². The number of rotatable bonds is 0. The first kappa shape index (κ1) is 7.48. The fourth-order valence-corrected chi connectivity index (χ4v) is 1.71. The highest BCUT2D eigenvalue weighted by molar-refractivity contribution is 9.09. The van der Waals surface area contributed by atoms with Crippen molar-refractivity contribution < 1.29 is 4.39 Å². The summed E-state index contributed by atoms with van der Waals surface area (Å²) in [7, 11) is 0. The van der Waals surface area contributed by atoms with Gasteiger partial charge in [0, 0.05) is 10.9 Å². The Labute approximate surface area is 62.9 Å². The van der Waals surface area contributed by atoms with Gasteiger partial charge in [0.1, 0.15) is 6.17 Å². The van der Waals surface area contributed by atoms with Crippen LogP contribution in [0.1, 0.15) is 19.3 Å². The molecule has 2 N–H and O–H groups in total. The van der Waals surface area contributed by atoms with Gasteiger partial charge in [0.25, 0.3) is 0 Å². The predicted octanol–water partition coefficient (Wildman–Crippen LogP) is 1.60. The molecule has 1 aliphatic carbocycles. The van der Waals surface area contributed by atoms with E-state index in [1.54, 1.807) is 0 Å². The van der Waals surface area contributed by atoms with Gasteiger partial charge in [-0.3, -0.25) is 0 Å². The molecule has 1 saturated carbocycles. The van der Waals surface area contributed by atoms with E-state index < -0.39 is 6.17 Å². The molecule has 1 fully saturated rings. The van der Waals surface area contributed by atoms with Crippen molar-refractivity contribution in [1.82, 2.24) is 0 Å². The van der Waals surface area contributed by atoms with Crippen LogP contribution < -0.4 is 5.73 Å². The van der Waals surface area contributed by atoms with Crippen LogP contribution in [0.4, 0.5) is 4.39 Å². The lowest BCUT2D eigenvalue weighted by atomic mass is 9.94. The molecule has 3 heteroatoms. The van der Waals surface area contributed by atoms with E-state index in [9.17, 15) is 4.39 Å². The molecule has 0 heterocycles. The van der Waals surface area contributed by atoms with Crippen LogP contribution in [0, 0.1) is 0 Å². The van der Waals surface area contributed by atoms with Gasteiger partial charge in [0.05, 0.1) is 0 Å². The summed E-state index contributed by atoms with van der Waals surface area (Å²) in [4.78, 5) is 0.354. The number of nitrogens with two attached hydrogens (primary N) is 1. The number of alkyl halides is 2. The fourth-order valence-electron chi connectivity index (χ4n) is 1.09. The van der Waals surface area contributed by atoms with E-state index in [1.165, 1.54) is 0 Å². The van der Waals surface area contributed by atoms with Crippen molar-refractivity contribution in [1.29, 1.82) is 0 Å². The number of hydrogen-bond donors (Lipinski definition) is 1. The average Bonchev–Trinajstić information content (AvgIpc) is 1.80. The summed E-state index contributed by atoms with van der Waals surface area (Å²) in [6.45, 7) is 0. The third-order valence-electron chi connectivity index (χ3n) is 1.76. The molecule has 0 aliphatic heterocycles. The molecule has 54 valence electrons. The minimum Gasteiger partial charge on any atom is -0.325 e. The van der Waals surface area contributed by atoms with Crippen LogP contribution >= 0.6 is 15.9 Å². The van der Waals surface area contributed by atoms with Crippen LogP contribution in [0.3, 0.4) is 0 Å². The fraction of sp³-hybridized carbons (Fsp3) is 1.00. The molecule has 1 rings (SSSR count). The zero-order chi connectivity index (χ0) is 6.85. The molecule has 0 unspecified atom stereocenters. The Balaban J connectivity index is 2.35. The van der Waals surface area contributed by atoms with Crippen molar-refractivity contribution >= 4 is 15.9 Å². The van der Waals surface area contributed by atoms with Gasteiger partial charge in [-0.1, -0.05) is 15.9 Å². The smallest absolute Gasteiger partial charge is 0.116 e. The van der Waals surface area contributed by atoms with Crippen LogP contribution in [0.25, 0.3) is 0 Å². The van der Waals surface area contributed by atoms with Crippen LogP contribution in [-0.2, 0) is 0 Å². The normalized spacial score (nSPS) is 45.0. The van der Waals surface area contributed by atoms with Crippen molar-refractivity contribution in [3.63, 3.8) is 0 Å². The quantitative estimate of drug-likeness (QED) is 0.585. The largest absolute Gasteiger partial charge is 0.325 e. The first-order valence-corrected chi connectivity index (χ1v) is 4.15. The SMILES string of the molecule is N[C@@H]1CC[C@H](Br)C[C@@H]1F. The molecule has 0 radical (unpaired) electrons. The van der Waals surface area contributed by atoms with E-state index in [-0.39, 0.29) is 6.04 Å². The Morgan fingerprint density at radius 1 is 1.44 bits per heavy atom. The summed E-state index contributed by atoms with van der Waals surface area (Å²) in [5.41, 5.74) is 5.44. The summed E-state index contributed by atoms with van der Waals surface area (Å²) in [6.07, 6.45) is 1.63. The molecular weight excluding hydrogens is 185 g/mol. The summed E-state index contributed by atoms with van der Waals surface area (Å²) in [5.74, 6) is 0. The Bertz CT molecular complexity index is 99.1. The van der Waals surface area contributed by atoms with Gasteiger partial charge >= 0.3 is 0 Å². The third kappa shape index (κ3) is 1.90. The maximum Gasteiger partial charge on any atom is 0.116 e. The molecule has 1 nitrogen and oxygen atoms in total. The van der Waals surface area contributed by atoms with Gasteiger partial charge in [-0.25, -0.2) is 4.39 Å². The lowest BCUT2D eigenvalue weighted by Crippen LogP contribution is -2.37. The van der Waals surface area contributed by atoms with Crippen molar-refractivity contribution in [2.45, 2.75) is 36.3 Å². The van der Waals surface area contributed by atoms with Crippen molar-refractivity contribution in [2.24, 2.45) is 5.73 Å². The average molecular weight is 196 g/mol. The Morgan fingerprint density at radius 3 is 2.56 bits per heavy atom. The predicted molar refractivity (Wildman–Crippen MR) is 39.4 cm³/mol. The lowest BCUT2D eigenvalue weighted by Gasteiger charge is -2.25. The standard InChI is InChI=1S/C6H11BrFN/c7-4-1-2-6(9)5(8)3-4/h4-6H,1-3,9H2/t4-,5-,6+/m0/s1. The Hall–Kier alpha value is 0.370. The highest BCUT2D eigenvalue weighted by Gasteiger charge is 2.25. The monoisotopic (exact) mass is 195 g/mol. The molecular formula is C6H11BrFN. The number of halogens is 2. The highest BCUT2D eigenvalue weighted by Crippen LogP contribution is 2.25. The minimum absolute atomic E-state index is 0.209. The van der Waals surface area contributed by atoms with Gasteiger partial charge in [0.15, 0.2) is 0 Å². The molecule has 9 heavy (non-hydrogen) atoms. The molecule has 0 bridgehead atoms. The maximum absolute atomic E-state index is 12.7. The summed E-state index contributed by atoms with van der Waals surface area (Å²) < 4.78 is 12.7. The van der Waals surface area contributed by atoms with E-state index in [4.69, 9.17) is 5.73 Å².